The fourth-order valence-corrected chi connectivity index (χ4v) is 25.0. The van der Waals surface area contributed by atoms with E-state index in [2.05, 4.69) is 0 Å². The molecule has 0 atom stereocenters. The Bertz CT molecular complexity index is 293. The molecule has 0 radical (unpaired) electrons. The molecule has 1 rings (SSSR count). The van der Waals surface area contributed by atoms with Crippen LogP contribution in [0.4, 0.5) is 0 Å². The first-order valence-electron chi connectivity index (χ1n) is 4.86. The molecule has 84 valence electrons. The minimum absolute atomic E-state index is 0.155. The van der Waals surface area contributed by atoms with Gasteiger partial charge in [-0.3, -0.25) is 0 Å². The van der Waals surface area contributed by atoms with Gasteiger partial charge in [-0.25, -0.2) is 0 Å². The van der Waals surface area contributed by atoms with Gasteiger partial charge in [0, 0.05) is 0 Å². The molecule has 0 saturated carbocycles. The first kappa shape index (κ1) is 13.0. The van der Waals surface area contributed by atoms with Gasteiger partial charge in [0.25, 0.3) is 0 Å². The SMILES string of the molecule is CP(C)(=O)C([Si]1(Cl)CCC1)P(C)(C)=O. The van der Waals surface area contributed by atoms with Gasteiger partial charge in [-0.15, -0.1) is 0 Å². The summed E-state index contributed by atoms with van der Waals surface area (Å²) in [6.45, 7) is 6.97. The van der Waals surface area contributed by atoms with E-state index in [-0.39, 0.29) is 5.02 Å². The Morgan fingerprint density at radius 3 is 1.50 bits per heavy atom. The smallest absolute Gasteiger partial charge is 0.174 e. The molecule has 0 unspecified atom stereocenters. The van der Waals surface area contributed by atoms with E-state index in [1.54, 1.807) is 26.7 Å². The van der Waals surface area contributed by atoms with Crippen LogP contribution in [0.25, 0.3) is 0 Å². The van der Waals surface area contributed by atoms with Crippen LogP contribution in [0.3, 0.4) is 0 Å². The molecule has 0 amide bonds. The van der Waals surface area contributed by atoms with E-state index in [1.165, 1.54) is 0 Å². The van der Waals surface area contributed by atoms with E-state index < -0.39 is 21.7 Å². The highest BCUT2D eigenvalue weighted by atomic mass is 35.6. The van der Waals surface area contributed by atoms with Crippen molar-refractivity contribution in [2.45, 2.75) is 23.5 Å². The van der Waals surface area contributed by atoms with Gasteiger partial charge < -0.3 is 9.13 Å². The average molecular weight is 273 g/mol. The van der Waals surface area contributed by atoms with Crippen LogP contribution in [0.2, 0.25) is 12.1 Å². The van der Waals surface area contributed by atoms with E-state index in [0.717, 1.165) is 18.5 Å². The lowest BCUT2D eigenvalue weighted by Crippen LogP contribution is -2.47. The van der Waals surface area contributed by atoms with Crippen molar-refractivity contribution in [1.82, 2.24) is 0 Å². The van der Waals surface area contributed by atoms with Crippen LogP contribution in [0.1, 0.15) is 6.42 Å². The predicted octanol–water partition coefficient (Wildman–Crippen LogP) is 3.69. The fourth-order valence-electron chi connectivity index (χ4n) is 2.56. The van der Waals surface area contributed by atoms with Crippen molar-refractivity contribution < 1.29 is 9.13 Å². The molecule has 14 heavy (non-hydrogen) atoms. The third-order valence-corrected chi connectivity index (χ3v) is 21.2. The second kappa shape index (κ2) is 3.77. The molecule has 2 nitrogen and oxygen atoms in total. The Hall–Kier alpha value is 0.967. The number of rotatable bonds is 3. The van der Waals surface area contributed by atoms with E-state index >= 15 is 0 Å². The predicted molar refractivity (Wildman–Crippen MR) is 68.5 cm³/mol. The van der Waals surface area contributed by atoms with E-state index in [1.807, 2.05) is 0 Å². The second-order valence-corrected chi connectivity index (χ2v) is 19.2. The highest BCUT2D eigenvalue weighted by Gasteiger charge is 2.55. The third kappa shape index (κ3) is 2.55. The first-order valence-corrected chi connectivity index (χ1v) is 13.7. The Morgan fingerprint density at radius 2 is 1.43 bits per heavy atom. The largest absolute Gasteiger partial charge is 0.324 e. The highest BCUT2D eigenvalue weighted by molar-refractivity contribution is 7.85. The van der Waals surface area contributed by atoms with Crippen LogP contribution in [0.5, 0.6) is 0 Å². The maximum Gasteiger partial charge on any atom is 0.174 e. The maximum atomic E-state index is 12.2. The summed E-state index contributed by atoms with van der Waals surface area (Å²) in [7, 11) is -6.59. The Morgan fingerprint density at radius 1 is 1.07 bits per heavy atom. The summed E-state index contributed by atoms with van der Waals surface area (Å²) in [6.07, 6.45) is 1.13. The molecule has 0 aromatic heterocycles. The fraction of sp³-hybridized carbons (Fsp3) is 1.00. The lowest BCUT2D eigenvalue weighted by molar-refractivity contribution is 0.573. The Labute approximate surface area is 92.3 Å². The summed E-state index contributed by atoms with van der Waals surface area (Å²) in [5.41, 5.74) is 0. The lowest BCUT2D eigenvalue weighted by Gasteiger charge is -2.43. The minimum Gasteiger partial charge on any atom is -0.324 e. The Kier molecular flexibility index (Phi) is 3.51. The van der Waals surface area contributed by atoms with Crippen LogP contribution in [-0.2, 0) is 9.13 Å². The van der Waals surface area contributed by atoms with Crippen molar-refractivity contribution in [3.8, 4) is 0 Å². The number of hydrogen-bond donors (Lipinski definition) is 0. The zero-order valence-electron chi connectivity index (χ0n) is 9.29. The van der Waals surface area contributed by atoms with Gasteiger partial charge in [0.1, 0.15) is 0 Å². The standard InChI is InChI=1S/C8H19ClO2P2Si/c1-12(2,10)8(13(3,4)11)14(9)6-5-7-14/h8H,5-7H2,1-4H3. The summed E-state index contributed by atoms with van der Waals surface area (Å²) < 4.78 is 24.4. The van der Waals surface area contributed by atoms with Crippen molar-refractivity contribution >= 4 is 32.7 Å². The van der Waals surface area contributed by atoms with Gasteiger partial charge >= 0.3 is 0 Å². The van der Waals surface area contributed by atoms with Crippen molar-refractivity contribution in [1.29, 1.82) is 0 Å². The molecule has 0 spiro atoms. The molecule has 1 saturated heterocycles. The first-order chi connectivity index (χ1) is 6.07. The average Bonchev–Trinajstić information content (AvgIpc) is 1.76. The van der Waals surface area contributed by atoms with Crippen molar-refractivity contribution in [2.24, 2.45) is 0 Å². The van der Waals surface area contributed by atoms with Crippen LogP contribution in [-0.4, -0.2) is 39.1 Å². The van der Waals surface area contributed by atoms with Crippen LogP contribution in [0.15, 0.2) is 0 Å². The summed E-state index contributed by atoms with van der Waals surface area (Å²) in [4.78, 5) is 0. The molecule has 0 aliphatic carbocycles. The Balaban J connectivity index is 3.07. The molecule has 1 aliphatic heterocycles. The molecule has 1 fully saturated rings. The number of hydrogen-bond acceptors (Lipinski definition) is 2. The van der Waals surface area contributed by atoms with Gasteiger partial charge in [0.15, 0.2) is 7.38 Å². The van der Waals surface area contributed by atoms with Crippen molar-refractivity contribution in [3.05, 3.63) is 0 Å². The molecule has 0 bridgehead atoms. The monoisotopic (exact) mass is 272 g/mol. The molecule has 0 aromatic rings. The van der Waals surface area contributed by atoms with E-state index in [0.29, 0.717) is 0 Å². The molecular formula is C8H19ClO2P2Si. The molecular weight excluding hydrogens is 254 g/mol. The molecule has 1 aliphatic rings. The van der Waals surface area contributed by atoms with Gasteiger partial charge in [-0.05, 0) is 38.7 Å². The van der Waals surface area contributed by atoms with Crippen LogP contribution < -0.4 is 0 Å². The quantitative estimate of drug-likeness (QED) is 0.446. The normalized spacial score (nSPS) is 22.1. The zero-order valence-corrected chi connectivity index (χ0v) is 12.8. The molecule has 1 heterocycles. The minimum atomic E-state index is -2.32. The van der Waals surface area contributed by atoms with E-state index in [9.17, 15) is 9.13 Å². The third-order valence-electron chi connectivity index (χ3n) is 2.83. The van der Waals surface area contributed by atoms with E-state index in [4.69, 9.17) is 11.1 Å². The lowest BCUT2D eigenvalue weighted by atomic mass is 10.5. The summed E-state index contributed by atoms with van der Waals surface area (Å²) in [5, 5.41) is -0.155. The van der Waals surface area contributed by atoms with Crippen LogP contribution >= 0.6 is 25.4 Å². The van der Waals surface area contributed by atoms with Gasteiger partial charge in [0.2, 0.25) is 0 Å². The van der Waals surface area contributed by atoms with Crippen molar-refractivity contribution in [2.75, 3.05) is 26.7 Å². The van der Waals surface area contributed by atoms with Gasteiger partial charge in [-0.2, -0.15) is 11.1 Å². The maximum absolute atomic E-state index is 12.2. The molecule has 0 N–H and O–H groups in total. The summed E-state index contributed by atoms with van der Waals surface area (Å²) in [6, 6.07) is 1.99. The summed E-state index contributed by atoms with van der Waals surface area (Å²) >= 11 is 6.54. The zero-order chi connectivity index (χ0) is 11.2. The number of halogens is 1. The molecule has 6 heteroatoms. The molecule has 0 aromatic carbocycles. The van der Waals surface area contributed by atoms with Gasteiger partial charge in [0.05, 0.1) is 19.3 Å². The summed E-state index contributed by atoms with van der Waals surface area (Å²) in [5.74, 6) is 0. The van der Waals surface area contributed by atoms with Crippen LogP contribution in [0, 0.1) is 0 Å². The van der Waals surface area contributed by atoms with Crippen molar-refractivity contribution in [3.63, 3.8) is 0 Å². The van der Waals surface area contributed by atoms with Gasteiger partial charge in [-0.1, -0.05) is 6.42 Å². The topological polar surface area (TPSA) is 34.1 Å². The highest BCUT2D eigenvalue weighted by Crippen LogP contribution is 2.68. The second-order valence-electron chi connectivity index (χ2n) is 5.13.